The van der Waals surface area contributed by atoms with Gasteiger partial charge in [0.2, 0.25) is 11.8 Å². The topological polar surface area (TPSA) is 117 Å². The molecule has 9 heteroatoms. The monoisotopic (exact) mass is 488 g/mol. The average Bonchev–Trinajstić information content (AvgIpc) is 3.45. The Balaban J connectivity index is 1.14. The van der Waals surface area contributed by atoms with Crippen molar-refractivity contribution in [2.24, 2.45) is 11.8 Å². The molecule has 0 spiro atoms. The number of allylic oxidation sites excluding steroid dienone is 2. The molecule has 3 heterocycles. The second-order valence-corrected chi connectivity index (χ2v) is 10.00. The predicted octanol–water partition coefficient (Wildman–Crippen LogP) is 2.13. The first kappa shape index (κ1) is 24.8. The first-order valence-corrected chi connectivity index (χ1v) is 13.0. The molecule has 3 aliphatic heterocycles. The van der Waals surface area contributed by atoms with Crippen molar-refractivity contribution in [2.75, 3.05) is 18.8 Å². The van der Waals surface area contributed by atoms with Gasteiger partial charge in [0.15, 0.2) is 0 Å². The van der Waals surface area contributed by atoms with Crippen molar-refractivity contribution in [3.8, 4) is 0 Å². The van der Waals surface area contributed by atoms with Gasteiger partial charge in [-0.25, -0.2) is 0 Å². The van der Waals surface area contributed by atoms with Crippen LogP contribution in [0, 0.1) is 11.8 Å². The van der Waals surface area contributed by atoms with Gasteiger partial charge in [0, 0.05) is 24.6 Å². The van der Waals surface area contributed by atoms with Crippen LogP contribution in [-0.4, -0.2) is 66.1 Å². The summed E-state index contributed by atoms with van der Waals surface area (Å²) < 4.78 is 11.9. The third-order valence-corrected chi connectivity index (χ3v) is 7.58. The maximum absolute atomic E-state index is 12.3. The predicted molar refractivity (Wildman–Crippen MR) is 128 cm³/mol. The lowest BCUT2D eigenvalue weighted by Crippen LogP contribution is -2.44. The van der Waals surface area contributed by atoms with Gasteiger partial charge in [0.05, 0.1) is 24.5 Å². The summed E-state index contributed by atoms with van der Waals surface area (Å²) in [5.41, 5.74) is 1.16. The van der Waals surface area contributed by atoms with Gasteiger partial charge >= 0.3 is 5.97 Å². The Morgan fingerprint density at radius 1 is 0.941 bits per heavy atom. The quantitative estimate of drug-likeness (QED) is 0.209. The van der Waals surface area contributed by atoms with Crippen molar-refractivity contribution < 1.29 is 29.0 Å². The Bertz CT molecular complexity index is 895. The highest BCUT2D eigenvalue weighted by Gasteiger charge is 2.68. The number of nitrogens with one attached hydrogen (secondary N) is 2. The molecule has 184 valence electrons. The number of aliphatic carboxylic acids is 1. The standard InChI is InChI=1S/C25H32N2O6S/c28-19(13-27-20(29)15-34-14-16-8-4-3-5-9-16)26-12-18-17(10-6-1-2-7-11-21(30)31)22-24-25(33-24)23(18)32-22/h1,3-6,8-9,17-18,22-25H,2,7,10-15H2,(H,26,28)(H,27,29)(H,30,31)/b6-1-/t17-,18+,22+,23-,24-,25+/m0/s1. The van der Waals surface area contributed by atoms with Gasteiger partial charge in [0.1, 0.15) is 12.2 Å². The fraction of sp³-hybridized carbons (Fsp3) is 0.560. The summed E-state index contributed by atoms with van der Waals surface area (Å²) in [6.07, 6.45) is 6.86. The number of hydrogen-bond acceptors (Lipinski definition) is 6. The molecule has 6 atom stereocenters. The van der Waals surface area contributed by atoms with Crippen molar-refractivity contribution in [3.05, 3.63) is 48.0 Å². The minimum atomic E-state index is -0.773. The van der Waals surface area contributed by atoms with E-state index in [1.807, 2.05) is 36.4 Å². The zero-order valence-corrected chi connectivity index (χ0v) is 19.9. The molecule has 1 aromatic carbocycles. The van der Waals surface area contributed by atoms with Gasteiger partial charge in [0.25, 0.3) is 0 Å². The maximum Gasteiger partial charge on any atom is 0.303 e. The van der Waals surface area contributed by atoms with Gasteiger partial charge in [-0.2, -0.15) is 0 Å². The lowest BCUT2D eigenvalue weighted by molar-refractivity contribution is -0.137. The molecule has 0 aliphatic carbocycles. The molecule has 0 radical (unpaired) electrons. The van der Waals surface area contributed by atoms with Crippen LogP contribution in [0.5, 0.6) is 0 Å². The minimum absolute atomic E-state index is 0.00434. The zero-order chi connectivity index (χ0) is 23.9. The molecule has 0 saturated carbocycles. The van der Waals surface area contributed by atoms with Gasteiger partial charge in [-0.15, -0.1) is 11.8 Å². The molecule has 0 aromatic heterocycles. The number of ether oxygens (including phenoxy) is 2. The van der Waals surface area contributed by atoms with Crippen LogP contribution in [0.25, 0.3) is 0 Å². The zero-order valence-electron chi connectivity index (χ0n) is 19.1. The van der Waals surface area contributed by atoms with E-state index in [0.29, 0.717) is 18.7 Å². The lowest BCUT2D eigenvalue weighted by atomic mass is 9.77. The summed E-state index contributed by atoms with van der Waals surface area (Å²) in [6.45, 7) is 0.450. The fourth-order valence-electron chi connectivity index (χ4n) is 4.86. The normalized spacial score (nSPS) is 28.6. The summed E-state index contributed by atoms with van der Waals surface area (Å²) >= 11 is 1.52. The first-order chi connectivity index (χ1) is 16.5. The summed E-state index contributed by atoms with van der Waals surface area (Å²) in [5.74, 6) is 0.352. The maximum atomic E-state index is 12.3. The molecular weight excluding hydrogens is 456 g/mol. The SMILES string of the molecule is O=C(O)CCC/C=C\C[C@H]1[C@@H](CNC(=O)CNC(=O)CSCc2ccccc2)[C@@H]2O[C@H]1[C@@H]1O[C@@H]12. The lowest BCUT2D eigenvalue weighted by Gasteiger charge is -2.25. The van der Waals surface area contributed by atoms with Crippen LogP contribution in [0.15, 0.2) is 42.5 Å². The van der Waals surface area contributed by atoms with Crippen LogP contribution in [0.2, 0.25) is 0 Å². The third-order valence-electron chi connectivity index (χ3n) is 6.58. The van der Waals surface area contributed by atoms with Gasteiger partial charge in [-0.3, -0.25) is 14.4 Å². The van der Waals surface area contributed by atoms with Crippen LogP contribution in [-0.2, 0) is 29.6 Å². The Morgan fingerprint density at radius 3 is 2.44 bits per heavy atom. The molecule has 3 fully saturated rings. The Morgan fingerprint density at radius 2 is 1.68 bits per heavy atom. The highest BCUT2D eigenvalue weighted by molar-refractivity contribution is 7.99. The van der Waals surface area contributed by atoms with E-state index in [1.54, 1.807) is 0 Å². The molecule has 3 saturated heterocycles. The largest absolute Gasteiger partial charge is 0.481 e. The van der Waals surface area contributed by atoms with Crippen LogP contribution in [0.3, 0.4) is 0 Å². The average molecular weight is 489 g/mol. The fourth-order valence-corrected chi connectivity index (χ4v) is 5.67. The van der Waals surface area contributed by atoms with Crippen molar-refractivity contribution in [1.82, 2.24) is 10.6 Å². The number of carboxylic acid groups (broad SMARTS) is 1. The van der Waals surface area contributed by atoms with Crippen LogP contribution in [0.1, 0.15) is 31.2 Å². The molecular formula is C25H32N2O6S. The summed E-state index contributed by atoms with van der Waals surface area (Å²) in [4.78, 5) is 35.0. The van der Waals surface area contributed by atoms with Gasteiger partial charge in [-0.05, 0) is 30.7 Å². The van der Waals surface area contributed by atoms with Crippen molar-refractivity contribution in [1.29, 1.82) is 0 Å². The van der Waals surface area contributed by atoms with Crippen molar-refractivity contribution in [2.45, 2.75) is 55.9 Å². The number of rotatable bonds is 14. The van der Waals surface area contributed by atoms with Crippen molar-refractivity contribution >= 4 is 29.5 Å². The highest BCUT2D eigenvalue weighted by atomic mass is 32.2. The number of unbranched alkanes of at least 4 members (excludes halogenated alkanes) is 1. The Labute approximate surface area is 203 Å². The van der Waals surface area contributed by atoms with Crippen LogP contribution >= 0.6 is 11.8 Å². The number of epoxide rings is 1. The molecule has 3 aliphatic rings. The second-order valence-electron chi connectivity index (χ2n) is 9.01. The first-order valence-electron chi connectivity index (χ1n) is 11.9. The summed E-state index contributed by atoms with van der Waals surface area (Å²) in [7, 11) is 0. The molecule has 0 unspecified atom stereocenters. The van der Waals surface area contributed by atoms with E-state index in [1.165, 1.54) is 11.8 Å². The number of benzene rings is 1. The number of hydrogen-bond donors (Lipinski definition) is 3. The molecule has 4 rings (SSSR count). The molecule has 2 bridgehead atoms. The van der Waals surface area contributed by atoms with Gasteiger partial charge in [-0.1, -0.05) is 42.5 Å². The van der Waals surface area contributed by atoms with E-state index < -0.39 is 5.97 Å². The molecule has 3 N–H and O–H groups in total. The Hall–Kier alpha value is -2.36. The number of thioether (sulfide) groups is 1. The van der Waals surface area contributed by atoms with E-state index in [-0.39, 0.29) is 61.0 Å². The Kier molecular flexibility index (Phi) is 8.64. The molecule has 8 nitrogen and oxygen atoms in total. The summed E-state index contributed by atoms with van der Waals surface area (Å²) in [6, 6.07) is 9.95. The van der Waals surface area contributed by atoms with E-state index in [4.69, 9.17) is 14.6 Å². The molecule has 34 heavy (non-hydrogen) atoms. The van der Waals surface area contributed by atoms with E-state index in [0.717, 1.165) is 24.2 Å². The third kappa shape index (κ3) is 6.61. The smallest absolute Gasteiger partial charge is 0.303 e. The van der Waals surface area contributed by atoms with Gasteiger partial charge < -0.3 is 25.2 Å². The number of carbonyl (C=O) groups is 3. The van der Waals surface area contributed by atoms with E-state index in [2.05, 4.69) is 16.7 Å². The number of amides is 2. The molecule has 2 amide bonds. The number of carbonyl (C=O) groups excluding carboxylic acids is 2. The van der Waals surface area contributed by atoms with E-state index in [9.17, 15) is 14.4 Å². The van der Waals surface area contributed by atoms with Crippen LogP contribution in [0.4, 0.5) is 0 Å². The summed E-state index contributed by atoms with van der Waals surface area (Å²) in [5, 5.41) is 14.4. The minimum Gasteiger partial charge on any atom is -0.481 e. The second kappa shape index (κ2) is 11.9. The molecule has 1 aromatic rings. The number of fused-ring (bicyclic) bond motifs is 5. The highest BCUT2D eigenvalue weighted by Crippen LogP contribution is 2.54. The van der Waals surface area contributed by atoms with E-state index >= 15 is 0 Å². The van der Waals surface area contributed by atoms with Crippen molar-refractivity contribution in [3.63, 3.8) is 0 Å². The number of carboxylic acids is 1. The van der Waals surface area contributed by atoms with Crippen LogP contribution < -0.4 is 10.6 Å².